The molecule has 1 aliphatic rings. The van der Waals surface area contributed by atoms with Gasteiger partial charge in [0, 0.05) is 31.5 Å². The lowest BCUT2D eigenvalue weighted by Crippen LogP contribution is -2.48. The highest BCUT2D eigenvalue weighted by molar-refractivity contribution is 6.42. The van der Waals surface area contributed by atoms with E-state index in [1.165, 1.54) is 0 Å². The molecule has 0 aromatic heterocycles. The number of piperidine rings is 1. The minimum Gasteiger partial charge on any atom is -0.396 e. The molecule has 3 rings (SSSR count). The van der Waals surface area contributed by atoms with E-state index in [0.717, 1.165) is 24.0 Å². The molecule has 0 saturated carbocycles. The number of hydrogen-bond acceptors (Lipinski definition) is 2. The summed E-state index contributed by atoms with van der Waals surface area (Å²) in [5, 5.41) is 10.4. The van der Waals surface area contributed by atoms with Crippen molar-refractivity contribution in [1.82, 2.24) is 4.90 Å². The Bertz CT molecular complexity index is 766. The predicted octanol–water partition coefficient (Wildman–Crippen LogP) is 4.83. The van der Waals surface area contributed by atoms with Crippen LogP contribution in [0.3, 0.4) is 0 Å². The number of halogens is 2. The second kappa shape index (κ2) is 8.43. The van der Waals surface area contributed by atoms with E-state index in [-0.39, 0.29) is 17.9 Å². The number of hydrogen-bond donors (Lipinski definition) is 1. The normalized spacial score (nSPS) is 20.4. The number of aliphatic hydroxyl groups is 1. The second-order valence-electron chi connectivity index (χ2n) is 6.97. The zero-order valence-electron chi connectivity index (χ0n) is 14.6. The van der Waals surface area contributed by atoms with Crippen LogP contribution < -0.4 is 0 Å². The number of amides is 1. The highest BCUT2D eigenvalue weighted by Gasteiger charge is 2.39. The Kier molecular flexibility index (Phi) is 6.23. The number of carbonyl (C=O) groups excluding carboxylic acids is 1. The van der Waals surface area contributed by atoms with Gasteiger partial charge in [0.1, 0.15) is 0 Å². The van der Waals surface area contributed by atoms with E-state index in [2.05, 4.69) is 0 Å². The van der Waals surface area contributed by atoms with E-state index in [4.69, 9.17) is 23.2 Å². The number of benzene rings is 2. The molecule has 1 fully saturated rings. The molecule has 2 aromatic rings. The molecule has 1 unspecified atom stereocenters. The number of carbonyl (C=O) groups is 1. The van der Waals surface area contributed by atoms with Crippen molar-refractivity contribution >= 4 is 29.1 Å². The average Bonchev–Trinajstić information content (AvgIpc) is 2.65. The third kappa shape index (κ3) is 4.22. The zero-order valence-corrected chi connectivity index (χ0v) is 16.1. The van der Waals surface area contributed by atoms with Crippen LogP contribution in [0.5, 0.6) is 0 Å². The molecule has 0 spiro atoms. The molecule has 0 radical (unpaired) electrons. The van der Waals surface area contributed by atoms with Gasteiger partial charge in [-0.1, -0.05) is 59.6 Å². The summed E-state index contributed by atoms with van der Waals surface area (Å²) in [5.74, 6) is 0.175. The molecule has 1 heterocycles. The third-order valence-corrected chi connectivity index (χ3v) is 5.96. The molecule has 1 atom stereocenters. The second-order valence-corrected chi connectivity index (χ2v) is 7.79. The van der Waals surface area contributed by atoms with Gasteiger partial charge in [0.15, 0.2) is 0 Å². The summed E-state index contributed by atoms with van der Waals surface area (Å²) in [6.45, 7) is 1.36. The first-order valence-corrected chi connectivity index (χ1v) is 9.68. The van der Waals surface area contributed by atoms with Gasteiger partial charge in [0.25, 0.3) is 0 Å². The molecular formula is C21H23Cl2NO2. The first-order chi connectivity index (χ1) is 12.5. The highest BCUT2D eigenvalue weighted by atomic mass is 35.5. The van der Waals surface area contributed by atoms with Gasteiger partial charge < -0.3 is 10.0 Å². The van der Waals surface area contributed by atoms with Crippen LogP contribution >= 0.6 is 23.2 Å². The van der Waals surface area contributed by atoms with E-state index in [9.17, 15) is 9.90 Å². The van der Waals surface area contributed by atoms with Crippen molar-refractivity contribution in [3.63, 3.8) is 0 Å². The number of nitrogens with zero attached hydrogens (tertiary/aromatic N) is 1. The molecule has 1 aliphatic heterocycles. The van der Waals surface area contributed by atoms with Crippen LogP contribution in [0.4, 0.5) is 0 Å². The van der Waals surface area contributed by atoms with Crippen LogP contribution in [-0.2, 0) is 16.8 Å². The van der Waals surface area contributed by atoms with E-state index in [0.29, 0.717) is 36.0 Å². The Labute approximate surface area is 164 Å². The predicted molar refractivity (Wildman–Crippen MR) is 106 cm³/mol. The van der Waals surface area contributed by atoms with Gasteiger partial charge in [-0.05, 0) is 42.5 Å². The largest absolute Gasteiger partial charge is 0.396 e. The fourth-order valence-corrected chi connectivity index (χ4v) is 4.11. The van der Waals surface area contributed by atoms with Gasteiger partial charge in [-0.3, -0.25) is 4.79 Å². The van der Waals surface area contributed by atoms with E-state index in [1.54, 1.807) is 0 Å². The van der Waals surface area contributed by atoms with Crippen molar-refractivity contribution in [2.24, 2.45) is 0 Å². The van der Waals surface area contributed by atoms with Crippen molar-refractivity contribution < 1.29 is 9.90 Å². The van der Waals surface area contributed by atoms with Crippen molar-refractivity contribution in [3.8, 4) is 0 Å². The van der Waals surface area contributed by atoms with Crippen LogP contribution in [0.25, 0.3) is 0 Å². The quantitative estimate of drug-likeness (QED) is 0.765. The Morgan fingerprint density at radius 2 is 1.85 bits per heavy atom. The average molecular weight is 392 g/mol. The molecule has 2 aromatic carbocycles. The molecule has 0 bridgehead atoms. The first-order valence-electron chi connectivity index (χ1n) is 8.92. The fraction of sp³-hybridized carbons (Fsp3) is 0.381. The minimum absolute atomic E-state index is 0.135. The summed E-state index contributed by atoms with van der Waals surface area (Å²) in [6, 6.07) is 15.8. The Balaban J connectivity index is 1.90. The molecule has 0 aliphatic carbocycles. The maximum Gasteiger partial charge on any atom is 0.222 e. The van der Waals surface area contributed by atoms with Crippen molar-refractivity contribution in [3.05, 3.63) is 69.7 Å². The minimum atomic E-state index is -0.209. The lowest BCUT2D eigenvalue weighted by Gasteiger charge is -2.43. The molecule has 5 heteroatoms. The topological polar surface area (TPSA) is 40.5 Å². The van der Waals surface area contributed by atoms with Crippen LogP contribution in [0.2, 0.25) is 10.0 Å². The Morgan fingerprint density at radius 1 is 1.08 bits per heavy atom. The SMILES string of the molecule is O=C1CCC(CCCO)(c2ccc(Cl)c(Cl)c2)CN1Cc1ccccc1. The molecule has 1 N–H and O–H groups in total. The van der Waals surface area contributed by atoms with Gasteiger partial charge in [-0.2, -0.15) is 0 Å². The summed E-state index contributed by atoms with van der Waals surface area (Å²) in [5.41, 5.74) is 2.00. The summed E-state index contributed by atoms with van der Waals surface area (Å²) >= 11 is 12.4. The highest BCUT2D eigenvalue weighted by Crippen LogP contribution is 2.41. The van der Waals surface area contributed by atoms with Crippen molar-refractivity contribution in [2.75, 3.05) is 13.2 Å². The standard InChI is InChI=1S/C21H23Cl2NO2/c22-18-8-7-17(13-19(18)23)21(10-4-12-25)11-9-20(26)24(15-21)14-16-5-2-1-3-6-16/h1-3,5-8,13,25H,4,9-12,14-15H2. The first kappa shape index (κ1) is 19.2. The van der Waals surface area contributed by atoms with Crippen LogP contribution in [0, 0.1) is 0 Å². The lowest BCUT2D eigenvalue weighted by molar-refractivity contribution is -0.136. The molecular weight excluding hydrogens is 369 g/mol. The van der Waals surface area contributed by atoms with Crippen molar-refractivity contribution in [1.29, 1.82) is 0 Å². The lowest BCUT2D eigenvalue weighted by atomic mass is 9.71. The molecule has 138 valence electrons. The third-order valence-electron chi connectivity index (χ3n) is 5.23. The van der Waals surface area contributed by atoms with Gasteiger partial charge >= 0.3 is 0 Å². The number of rotatable bonds is 6. The maximum atomic E-state index is 12.5. The number of aliphatic hydroxyl groups excluding tert-OH is 1. The van der Waals surface area contributed by atoms with E-state index in [1.807, 2.05) is 53.4 Å². The van der Waals surface area contributed by atoms with E-state index >= 15 is 0 Å². The fourth-order valence-electron chi connectivity index (χ4n) is 3.81. The summed E-state index contributed by atoms with van der Waals surface area (Å²) < 4.78 is 0. The van der Waals surface area contributed by atoms with Crippen LogP contribution in [0.1, 0.15) is 36.8 Å². The maximum absolute atomic E-state index is 12.5. The molecule has 3 nitrogen and oxygen atoms in total. The number of likely N-dealkylation sites (tertiary alicyclic amines) is 1. The zero-order chi connectivity index (χ0) is 18.6. The summed E-state index contributed by atoms with van der Waals surface area (Å²) in [6.07, 6.45) is 2.75. The van der Waals surface area contributed by atoms with Crippen LogP contribution in [0.15, 0.2) is 48.5 Å². The molecule has 1 saturated heterocycles. The van der Waals surface area contributed by atoms with Gasteiger partial charge in [0.05, 0.1) is 10.0 Å². The summed E-state index contributed by atoms with van der Waals surface area (Å²) in [4.78, 5) is 14.5. The Morgan fingerprint density at radius 3 is 2.54 bits per heavy atom. The van der Waals surface area contributed by atoms with Crippen LogP contribution in [-0.4, -0.2) is 29.1 Å². The Hall–Kier alpha value is -1.55. The van der Waals surface area contributed by atoms with Gasteiger partial charge in [-0.15, -0.1) is 0 Å². The van der Waals surface area contributed by atoms with Crippen molar-refractivity contribution in [2.45, 2.75) is 37.6 Å². The smallest absolute Gasteiger partial charge is 0.222 e. The molecule has 1 amide bonds. The van der Waals surface area contributed by atoms with E-state index < -0.39 is 0 Å². The monoisotopic (exact) mass is 391 g/mol. The van der Waals surface area contributed by atoms with Gasteiger partial charge in [-0.25, -0.2) is 0 Å². The molecule has 26 heavy (non-hydrogen) atoms. The van der Waals surface area contributed by atoms with Gasteiger partial charge in [0.2, 0.25) is 5.91 Å². The summed E-state index contributed by atoms with van der Waals surface area (Å²) in [7, 11) is 0.